The van der Waals surface area contributed by atoms with Crippen LogP contribution < -0.4 is 0 Å². The fourth-order valence-corrected chi connectivity index (χ4v) is 4.97. The summed E-state index contributed by atoms with van der Waals surface area (Å²) in [4.78, 5) is 23.1. The van der Waals surface area contributed by atoms with Crippen molar-refractivity contribution in [2.24, 2.45) is 11.8 Å². The van der Waals surface area contributed by atoms with E-state index in [0.717, 1.165) is 0 Å². The van der Waals surface area contributed by atoms with Gasteiger partial charge >= 0.3 is 5.97 Å². The first-order chi connectivity index (χ1) is 7.44. The fraction of sp³-hybridized carbons (Fsp3) is 0.750. The van der Waals surface area contributed by atoms with Crippen LogP contribution in [-0.4, -0.2) is 62.0 Å². The molecule has 0 bridgehead atoms. The van der Waals surface area contributed by atoms with E-state index in [4.69, 9.17) is 5.11 Å². The molecular weight excluding hydrogens is 233 g/mol. The lowest BCUT2D eigenvalue weighted by Gasteiger charge is -2.21. The summed E-state index contributed by atoms with van der Waals surface area (Å²) in [7, 11) is -3.03. The number of fused-ring (bicyclic) bond motifs is 1. The molecule has 16 heavy (non-hydrogen) atoms. The minimum absolute atomic E-state index is 0.0524. The summed E-state index contributed by atoms with van der Waals surface area (Å²) in [5.41, 5.74) is 0. The third-order valence-electron chi connectivity index (χ3n) is 3.35. The van der Waals surface area contributed by atoms with Crippen molar-refractivity contribution < 1.29 is 23.1 Å². The number of carbonyl (C=O) groups is 2. The first-order valence-corrected chi connectivity index (χ1v) is 6.87. The number of rotatable bonds is 3. The van der Waals surface area contributed by atoms with E-state index in [1.807, 2.05) is 0 Å². The molecule has 8 heteroatoms. The zero-order valence-electron chi connectivity index (χ0n) is 8.57. The number of carboxylic acid groups (broad SMARTS) is 1. The van der Waals surface area contributed by atoms with Crippen LogP contribution in [0.3, 0.4) is 0 Å². The third kappa shape index (κ3) is 1.87. The Hall–Kier alpha value is -0.885. The molecule has 0 unspecified atom stereocenters. The number of carboxylic acids is 1. The van der Waals surface area contributed by atoms with E-state index in [1.165, 1.54) is 0 Å². The molecule has 6 nitrogen and oxygen atoms in total. The molecular formula is C8H12BNO5S. The van der Waals surface area contributed by atoms with Crippen molar-refractivity contribution in [1.29, 1.82) is 0 Å². The average Bonchev–Trinajstić information content (AvgIpc) is 2.55. The Labute approximate surface area is 93.8 Å². The molecule has 2 aliphatic rings. The lowest BCUT2D eigenvalue weighted by molar-refractivity contribution is -0.141. The summed E-state index contributed by atoms with van der Waals surface area (Å²) >= 11 is 0. The van der Waals surface area contributed by atoms with Crippen LogP contribution >= 0.6 is 0 Å². The number of hydrogen-bond donors (Lipinski definition) is 1. The lowest BCUT2D eigenvalue weighted by Crippen LogP contribution is -2.43. The number of aliphatic carboxylic acids is 1. The Morgan fingerprint density at radius 2 is 2.12 bits per heavy atom. The van der Waals surface area contributed by atoms with Gasteiger partial charge in [0.1, 0.15) is 6.04 Å². The van der Waals surface area contributed by atoms with Crippen molar-refractivity contribution >= 4 is 29.4 Å². The highest BCUT2D eigenvalue weighted by Gasteiger charge is 2.52. The van der Waals surface area contributed by atoms with Gasteiger partial charge in [0.2, 0.25) is 0 Å². The van der Waals surface area contributed by atoms with Crippen LogP contribution in [0.1, 0.15) is 0 Å². The Morgan fingerprint density at radius 3 is 2.69 bits per heavy atom. The highest BCUT2D eigenvalue weighted by Crippen LogP contribution is 2.37. The van der Waals surface area contributed by atoms with Crippen LogP contribution in [0.5, 0.6) is 0 Å². The van der Waals surface area contributed by atoms with Gasteiger partial charge in [-0.05, 0) is 12.5 Å². The summed E-state index contributed by atoms with van der Waals surface area (Å²) in [6.07, 6.45) is 0.658. The van der Waals surface area contributed by atoms with Crippen molar-refractivity contribution in [3.8, 4) is 0 Å². The van der Waals surface area contributed by atoms with Gasteiger partial charge in [-0.3, -0.25) is 4.79 Å². The van der Waals surface area contributed by atoms with Crippen LogP contribution in [0.25, 0.3) is 0 Å². The van der Waals surface area contributed by atoms with Crippen LogP contribution in [-0.2, 0) is 19.4 Å². The standard InChI is InChI=1S/C8H12BNO5S/c11-4-9-10-1-5-2-16(14,15)3-6(5)7(10)8(12)13/h4-7,9H,1-3H2,(H,12,13)/t5-,6+,7+/m1/s1. The van der Waals surface area contributed by atoms with Crippen LogP contribution in [0, 0.1) is 11.8 Å². The van der Waals surface area contributed by atoms with Gasteiger partial charge < -0.3 is 14.7 Å². The van der Waals surface area contributed by atoms with E-state index >= 15 is 0 Å². The van der Waals surface area contributed by atoms with E-state index in [9.17, 15) is 18.0 Å². The van der Waals surface area contributed by atoms with Gasteiger partial charge in [0.15, 0.2) is 9.84 Å². The van der Waals surface area contributed by atoms with Gasteiger partial charge in [-0.2, -0.15) is 0 Å². The summed E-state index contributed by atoms with van der Waals surface area (Å²) in [5, 5.41) is 9.08. The van der Waals surface area contributed by atoms with Crippen molar-refractivity contribution in [2.45, 2.75) is 6.04 Å². The third-order valence-corrected chi connectivity index (χ3v) is 5.18. The first kappa shape index (κ1) is 11.6. The van der Waals surface area contributed by atoms with Crippen LogP contribution in [0.2, 0.25) is 0 Å². The number of nitrogens with zero attached hydrogens (tertiary/aromatic N) is 1. The van der Waals surface area contributed by atoms with Gasteiger partial charge in [0.25, 0.3) is 7.41 Å². The quantitative estimate of drug-likeness (QED) is 0.455. The Morgan fingerprint density at radius 1 is 1.44 bits per heavy atom. The second kappa shape index (κ2) is 3.85. The van der Waals surface area contributed by atoms with Crippen LogP contribution in [0.4, 0.5) is 0 Å². The first-order valence-electron chi connectivity index (χ1n) is 5.05. The molecule has 2 fully saturated rings. The molecule has 0 aliphatic carbocycles. The van der Waals surface area contributed by atoms with Crippen molar-refractivity contribution in [3.05, 3.63) is 0 Å². The van der Waals surface area contributed by atoms with Crippen LogP contribution in [0.15, 0.2) is 0 Å². The van der Waals surface area contributed by atoms with E-state index in [1.54, 1.807) is 4.81 Å². The van der Waals surface area contributed by atoms with E-state index in [0.29, 0.717) is 12.7 Å². The molecule has 0 aromatic heterocycles. The number of sulfone groups is 1. The van der Waals surface area contributed by atoms with E-state index < -0.39 is 21.8 Å². The molecule has 88 valence electrons. The molecule has 2 aliphatic heterocycles. The summed E-state index contributed by atoms with van der Waals surface area (Å²) in [6.45, 7) is 0.388. The molecule has 0 saturated carbocycles. The SMILES string of the molecule is O=CBN1C[C@@H]2CS(=O)(=O)C[C@@H]2[C@H]1C(=O)O. The maximum absolute atomic E-state index is 11.4. The maximum Gasteiger partial charge on any atom is 0.320 e. The highest BCUT2D eigenvalue weighted by molar-refractivity contribution is 7.91. The van der Waals surface area contributed by atoms with Gasteiger partial charge in [0.05, 0.1) is 17.7 Å². The van der Waals surface area contributed by atoms with Crippen molar-refractivity contribution in [3.63, 3.8) is 0 Å². The predicted octanol–water partition coefficient (Wildman–Crippen LogP) is -2.04. The second-order valence-electron chi connectivity index (χ2n) is 4.40. The zero-order chi connectivity index (χ0) is 11.9. The van der Waals surface area contributed by atoms with Crippen molar-refractivity contribution in [2.75, 3.05) is 18.1 Å². The molecule has 0 amide bonds. The van der Waals surface area contributed by atoms with Gasteiger partial charge in [-0.15, -0.1) is 0 Å². The normalized spacial score (nSPS) is 36.9. The summed E-state index contributed by atoms with van der Waals surface area (Å²) < 4.78 is 22.8. The van der Waals surface area contributed by atoms with Gasteiger partial charge in [-0.25, -0.2) is 8.42 Å². The molecule has 0 aromatic rings. The molecule has 0 aromatic carbocycles. The summed E-state index contributed by atoms with van der Waals surface area (Å²) in [5.74, 6) is -1.54. The average molecular weight is 245 g/mol. The molecule has 3 atom stereocenters. The van der Waals surface area contributed by atoms with E-state index in [-0.39, 0.29) is 30.8 Å². The summed E-state index contributed by atoms with van der Waals surface area (Å²) in [6, 6.07) is -0.826. The molecule has 1 N–H and O–H groups in total. The number of hydrogen-bond acceptors (Lipinski definition) is 5. The monoisotopic (exact) mass is 245 g/mol. The van der Waals surface area contributed by atoms with Crippen molar-refractivity contribution in [1.82, 2.24) is 4.81 Å². The Bertz CT molecular complexity index is 422. The second-order valence-corrected chi connectivity index (χ2v) is 6.56. The minimum atomic E-state index is -3.09. The molecule has 0 spiro atoms. The molecule has 0 radical (unpaired) electrons. The number of carbonyl (C=O) groups excluding carboxylic acids is 1. The lowest BCUT2D eigenvalue weighted by atomic mass is 9.90. The highest BCUT2D eigenvalue weighted by atomic mass is 32.2. The molecule has 2 heterocycles. The largest absolute Gasteiger partial charge is 0.480 e. The smallest absolute Gasteiger partial charge is 0.320 e. The van der Waals surface area contributed by atoms with E-state index in [2.05, 4.69) is 0 Å². The molecule has 2 rings (SSSR count). The maximum atomic E-state index is 11.4. The topological polar surface area (TPSA) is 91.8 Å². The fourth-order valence-electron chi connectivity index (χ4n) is 2.79. The van der Waals surface area contributed by atoms with Gasteiger partial charge in [-0.1, -0.05) is 0 Å². The Kier molecular flexibility index (Phi) is 2.79. The molecule has 2 saturated heterocycles. The minimum Gasteiger partial charge on any atom is -0.480 e. The predicted molar refractivity (Wildman–Crippen MR) is 57.7 cm³/mol. The van der Waals surface area contributed by atoms with Gasteiger partial charge in [0, 0.05) is 5.92 Å². The zero-order valence-corrected chi connectivity index (χ0v) is 9.39. The Balaban J connectivity index is 2.23.